The van der Waals surface area contributed by atoms with Gasteiger partial charge in [0.25, 0.3) is 5.91 Å². The normalized spacial score (nSPS) is 20.6. The maximum atomic E-state index is 14.8. The van der Waals surface area contributed by atoms with Gasteiger partial charge in [-0.3, -0.25) is 14.6 Å². The number of benzene rings is 2. The lowest BCUT2D eigenvalue weighted by atomic mass is 9.91. The zero-order valence-electron chi connectivity index (χ0n) is 30.9. The van der Waals surface area contributed by atoms with Gasteiger partial charge in [-0.05, 0) is 81.0 Å². The summed E-state index contributed by atoms with van der Waals surface area (Å²) in [5.41, 5.74) is 11.6. The van der Waals surface area contributed by atoms with Gasteiger partial charge in [0, 0.05) is 106 Å². The molecule has 11 nitrogen and oxygen atoms in total. The third-order valence-corrected chi connectivity index (χ3v) is 11.2. The minimum absolute atomic E-state index is 0.134. The quantitative estimate of drug-likeness (QED) is 0.184. The Labute approximate surface area is 311 Å². The van der Waals surface area contributed by atoms with Crippen molar-refractivity contribution < 1.29 is 18.8 Å². The first-order chi connectivity index (χ1) is 25.6. The lowest BCUT2D eigenvalue weighted by Crippen LogP contribution is -2.50. The number of carbonyl (C=O) groups excluding carboxylic acids is 3. The SMILES string of the molecule is CC(C)(F)CN1CCC(c2ccccc2N)=CC1c1cnc(N2CC(CCN3CCN(c4ccc5c(c4)CN(C(C=O)CCC=O)C5=O)CC3)C2)nc1. The summed E-state index contributed by atoms with van der Waals surface area (Å²) in [7, 11) is 0. The van der Waals surface area contributed by atoms with Crippen molar-refractivity contribution in [3.05, 3.63) is 83.2 Å². The van der Waals surface area contributed by atoms with E-state index in [1.54, 1.807) is 18.7 Å². The molecule has 0 radical (unpaired) electrons. The van der Waals surface area contributed by atoms with Crippen LogP contribution < -0.4 is 15.5 Å². The summed E-state index contributed by atoms with van der Waals surface area (Å²) in [6, 6.07) is 13.2. The number of para-hydroxylation sites is 1. The number of hydrogen-bond acceptors (Lipinski definition) is 10. The lowest BCUT2D eigenvalue weighted by Gasteiger charge is -2.41. The molecular weight excluding hydrogens is 672 g/mol. The van der Waals surface area contributed by atoms with E-state index in [4.69, 9.17) is 15.7 Å². The topological polar surface area (TPSA) is 119 Å². The molecule has 0 spiro atoms. The zero-order valence-corrected chi connectivity index (χ0v) is 30.9. The minimum atomic E-state index is -1.33. The number of nitrogens with two attached hydrogens (primary N) is 1. The molecule has 12 heteroatoms. The van der Waals surface area contributed by atoms with E-state index in [0.717, 1.165) is 112 Å². The highest BCUT2D eigenvalue weighted by Gasteiger charge is 2.34. The van der Waals surface area contributed by atoms with Crippen LogP contribution in [0.5, 0.6) is 0 Å². The van der Waals surface area contributed by atoms with E-state index in [9.17, 15) is 18.8 Å². The van der Waals surface area contributed by atoms with Crippen molar-refractivity contribution in [3.63, 3.8) is 0 Å². The number of nitrogens with zero attached hydrogens (tertiary/aromatic N) is 7. The zero-order chi connectivity index (χ0) is 37.1. The minimum Gasteiger partial charge on any atom is -0.398 e. The fourth-order valence-corrected chi connectivity index (χ4v) is 8.25. The molecule has 5 heterocycles. The summed E-state index contributed by atoms with van der Waals surface area (Å²) in [4.78, 5) is 55.9. The Bertz CT molecular complexity index is 1810. The number of rotatable bonds is 14. The van der Waals surface area contributed by atoms with Gasteiger partial charge in [0.1, 0.15) is 18.2 Å². The van der Waals surface area contributed by atoms with Crippen LogP contribution in [0.4, 0.5) is 21.7 Å². The van der Waals surface area contributed by atoms with Crippen LogP contribution in [0.2, 0.25) is 0 Å². The average molecular weight is 723 g/mol. The van der Waals surface area contributed by atoms with Crippen LogP contribution in [-0.2, 0) is 16.1 Å². The number of amides is 1. The van der Waals surface area contributed by atoms with Gasteiger partial charge in [0.15, 0.2) is 0 Å². The van der Waals surface area contributed by atoms with Gasteiger partial charge >= 0.3 is 0 Å². The highest BCUT2D eigenvalue weighted by atomic mass is 19.1. The lowest BCUT2D eigenvalue weighted by molar-refractivity contribution is -0.112. The highest BCUT2D eigenvalue weighted by molar-refractivity contribution is 6.00. The Morgan fingerprint density at radius 2 is 1.74 bits per heavy atom. The van der Waals surface area contributed by atoms with Crippen LogP contribution in [0.25, 0.3) is 5.57 Å². The molecule has 1 aromatic heterocycles. The maximum absolute atomic E-state index is 14.8. The molecule has 2 fully saturated rings. The monoisotopic (exact) mass is 722 g/mol. The largest absolute Gasteiger partial charge is 0.398 e. The maximum Gasteiger partial charge on any atom is 0.255 e. The van der Waals surface area contributed by atoms with Crippen LogP contribution in [0.15, 0.2) is 60.9 Å². The van der Waals surface area contributed by atoms with E-state index in [2.05, 4.69) is 37.8 Å². The Hall–Kier alpha value is -4.68. The van der Waals surface area contributed by atoms with Crippen LogP contribution in [0.3, 0.4) is 0 Å². The molecule has 2 aromatic carbocycles. The van der Waals surface area contributed by atoms with E-state index >= 15 is 0 Å². The summed E-state index contributed by atoms with van der Waals surface area (Å²) in [6.07, 6.45) is 10.1. The number of alkyl halides is 1. The van der Waals surface area contributed by atoms with Gasteiger partial charge in [-0.15, -0.1) is 0 Å². The number of aldehydes is 2. The van der Waals surface area contributed by atoms with Gasteiger partial charge in [0.05, 0.1) is 12.1 Å². The molecule has 1 amide bonds. The Balaban J connectivity index is 0.886. The van der Waals surface area contributed by atoms with Gasteiger partial charge in [0.2, 0.25) is 5.95 Å². The summed E-state index contributed by atoms with van der Waals surface area (Å²) in [5.74, 6) is 1.20. The molecule has 0 aliphatic carbocycles. The van der Waals surface area contributed by atoms with Crippen molar-refractivity contribution >= 4 is 41.4 Å². The number of hydrogen-bond donors (Lipinski definition) is 1. The van der Waals surface area contributed by atoms with Gasteiger partial charge < -0.3 is 30.0 Å². The molecule has 2 saturated heterocycles. The highest BCUT2D eigenvalue weighted by Crippen LogP contribution is 2.37. The molecule has 280 valence electrons. The molecule has 0 bridgehead atoms. The summed E-state index contributed by atoms with van der Waals surface area (Å²) in [5, 5.41) is 0. The van der Waals surface area contributed by atoms with Crippen LogP contribution in [-0.4, -0.2) is 114 Å². The predicted molar refractivity (Wildman–Crippen MR) is 205 cm³/mol. The van der Waals surface area contributed by atoms with Crippen molar-refractivity contribution in [2.75, 3.05) is 74.4 Å². The van der Waals surface area contributed by atoms with Crippen molar-refractivity contribution in [1.29, 1.82) is 0 Å². The molecule has 2 N–H and O–H groups in total. The van der Waals surface area contributed by atoms with Crippen molar-refractivity contribution in [1.82, 2.24) is 24.7 Å². The molecular formula is C41H51FN8O3. The Morgan fingerprint density at radius 1 is 0.981 bits per heavy atom. The Morgan fingerprint density at radius 3 is 2.43 bits per heavy atom. The fraction of sp³-hybridized carbons (Fsp3) is 0.488. The first-order valence-electron chi connectivity index (χ1n) is 19.0. The van der Waals surface area contributed by atoms with Crippen molar-refractivity contribution in [2.45, 2.75) is 63.8 Å². The summed E-state index contributed by atoms with van der Waals surface area (Å²) < 4.78 is 14.8. The van der Waals surface area contributed by atoms with Gasteiger partial charge in [-0.25, -0.2) is 14.4 Å². The third kappa shape index (κ3) is 8.28. The number of piperazine rings is 1. The third-order valence-electron chi connectivity index (χ3n) is 11.2. The first kappa shape index (κ1) is 36.7. The van der Waals surface area contributed by atoms with E-state index < -0.39 is 11.7 Å². The van der Waals surface area contributed by atoms with E-state index in [1.807, 2.05) is 42.7 Å². The summed E-state index contributed by atoms with van der Waals surface area (Å²) in [6.45, 7) is 11.4. The molecule has 53 heavy (non-hydrogen) atoms. The first-order valence-corrected chi connectivity index (χ1v) is 19.0. The predicted octanol–water partition coefficient (Wildman–Crippen LogP) is 4.79. The van der Waals surface area contributed by atoms with Gasteiger partial charge in [-0.2, -0.15) is 0 Å². The number of fused-ring (bicyclic) bond motifs is 1. The number of nitrogen functional groups attached to an aromatic ring is 1. The van der Waals surface area contributed by atoms with Gasteiger partial charge in [-0.1, -0.05) is 24.3 Å². The molecule has 4 aliphatic heterocycles. The number of halogens is 1. The van der Waals surface area contributed by atoms with Crippen LogP contribution in [0.1, 0.15) is 72.6 Å². The second-order valence-electron chi connectivity index (χ2n) is 15.6. The van der Waals surface area contributed by atoms with Crippen molar-refractivity contribution in [2.24, 2.45) is 5.92 Å². The van der Waals surface area contributed by atoms with E-state index in [-0.39, 0.29) is 18.4 Å². The van der Waals surface area contributed by atoms with E-state index in [0.29, 0.717) is 31.0 Å². The summed E-state index contributed by atoms with van der Waals surface area (Å²) >= 11 is 0. The second kappa shape index (κ2) is 15.7. The number of aromatic nitrogens is 2. The smallest absolute Gasteiger partial charge is 0.255 e. The number of carbonyl (C=O) groups is 3. The molecule has 4 aliphatic rings. The molecule has 3 aromatic rings. The van der Waals surface area contributed by atoms with E-state index in [1.165, 1.54) is 5.57 Å². The second-order valence-corrected chi connectivity index (χ2v) is 15.6. The molecule has 2 unspecified atom stereocenters. The number of anilines is 3. The molecule has 0 saturated carbocycles. The Kier molecular flexibility index (Phi) is 10.9. The molecule has 7 rings (SSSR count). The fourth-order valence-electron chi connectivity index (χ4n) is 8.25. The van der Waals surface area contributed by atoms with Crippen molar-refractivity contribution in [3.8, 4) is 0 Å². The average Bonchev–Trinajstić information content (AvgIpc) is 3.46. The molecule has 2 atom stereocenters. The van der Waals surface area contributed by atoms with Crippen LogP contribution >= 0.6 is 0 Å². The standard InChI is InChI=1S/C41H51FN8O3/c1-41(2,42)28-48-14-12-30(35-7-3-4-8-37(35)43)21-38(48)32-22-44-40(45-23-32)49-24-29(25-49)11-13-46-15-17-47(18-16-46)33-9-10-36-31(20-33)26-50(39(36)53)34(27-52)6-5-19-51/h3-4,7-10,19-23,27,29,34,38H,5-6,11-18,24-26,28,43H2,1-2H3. The van der Waals surface area contributed by atoms with Crippen LogP contribution in [0, 0.1) is 5.92 Å².